The van der Waals surface area contributed by atoms with Gasteiger partial charge >= 0.3 is 11.9 Å². The summed E-state index contributed by atoms with van der Waals surface area (Å²) >= 11 is 2.48. The van der Waals surface area contributed by atoms with Crippen LogP contribution in [-0.4, -0.2) is 39.5 Å². The van der Waals surface area contributed by atoms with Gasteiger partial charge in [-0.15, -0.1) is 11.3 Å². The van der Waals surface area contributed by atoms with Crippen LogP contribution in [0, 0.1) is 0 Å². The molecule has 0 radical (unpaired) electrons. The molecule has 2 aromatic carbocycles. The molecule has 194 valence electrons. The number of anilines is 1. The standard InChI is InChI=1S/C28H24N2O6S2/c1-4-36-19-10-8-15(12-17(19)14(2)3)24(31)22-23(20-6-5-11-37-20)30(26(33)25(22)32)28-29-18-9-7-16(27(34)35)13-21(18)38-28/h5-14,23,31H,4H2,1-3H3,(H,34,35)/b24-22+. The van der Waals surface area contributed by atoms with E-state index in [2.05, 4.69) is 4.98 Å². The van der Waals surface area contributed by atoms with E-state index in [-0.39, 0.29) is 27.9 Å². The van der Waals surface area contributed by atoms with Gasteiger partial charge in [0.15, 0.2) is 5.13 Å². The highest BCUT2D eigenvalue weighted by Crippen LogP contribution is 2.46. The third kappa shape index (κ3) is 4.35. The molecule has 1 unspecified atom stereocenters. The number of aliphatic hydroxyl groups is 1. The van der Waals surface area contributed by atoms with Gasteiger partial charge in [-0.25, -0.2) is 9.78 Å². The highest BCUT2D eigenvalue weighted by atomic mass is 32.1. The molecule has 1 atom stereocenters. The van der Waals surface area contributed by atoms with Gasteiger partial charge in [0.2, 0.25) is 0 Å². The molecule has 1 saturated heterocycles. The molecule has 10 heteroatoms. The van der Waals surface area contributed by atoms with E-state index in [1.54, 1.807) is 30.3 Å². The lowest BCUT2D eigenvalue weighted by Crippen LogP contribution is -2.28. The molecule has 1 aliphatic rings. The number of aliphatic hydroxyl groups excluding tert-OH is 1. The van der Waals surface area contributed by atoms with Crippen LogP contribution in [0.15, 0.2) is 59.5 Å². The Morgan fingerprint density at radius 1 is 1.11 bits per heavy atom. The molecule has 0 spiro atoms. The number of carbonyl (C=O) groups excluding carboxylic acids is 2. The molecule has 5 rings (SSSR count). The Morgan fingerprint density at radius 3 is 2.53 bits per heavy atom. The third-order valence-corrected chi connectivity index (χ3v) is 8.23. The first-order valence-corrected chi connectivity index (χ1v) is 13.7. The lowest BCUT2D eigenvalue weighted by Gasteiger charge is -2.21. The summed E-state index contributed by atoms with van der Waals surface area (Å²) in [5.41, 5.74) is 1.86. The van der Waals surface area contributed by atoms with Gasteiger partial charge in [-0.05, 0) is 66.2 Å². The second-order valence-corrected chi connectivity index (χ2v) is 11.0. The number of aromatic carboxylic acids is 1. The van der Waals surface area contributed by atoms with Crippen LogP contribution in [-0.2, 0) is 9.59 Å². The number of carbonyl (C=O) groups is 3. The van der Waals surface area contributed by atoms with Crippen molar-refractivity contribution in [2.45, 2.75) is 32.7 Å². The van der Waals surface area contributed by atoms with E-state index < -0.39 is 23.7 Å². The number of amides is 1. The molecule has 8 nitrogen and oxygen atoms in total. The maximum Gasteiger partial charge on any atom is 0.335 e. The van der Waals surface area contributed by atoms with Crippen LogP contribution < -0.4 is 9.64 Å². The van der Waals surface area contributed by atoms with Crippen molar-refractivity contribution in [1.82, 2.24) is 4.98 Å². The normalized spacial score (nSPS) is 17.1. The average molecular weight is 549 g/mol. The molecule has 1 amide bonds. The third-order valence-electron chi connectivity index (χ3n) is 6.29. The number of Topliss-reactive ketones (excluding diaryl/α,β-unsaturated/α-hetero) is 1. The maximum absolute atomic E-state index is 13.4. The summed E-state index contributed by atoms with van der Waals surface area (Å²) in [5, 5.41) is 22.9. The topological polar surface area (TPSA) is 117 Å². The smallest absolute Gasteiger partial charge is 0.335 e. The van der Waals surface area contributed by atoms with E-state index in [1.807, 2.05) is 32.2 Å². The summed E-state index contributed by atoms with van der Waals surface area (Å²) in [6.45, 7) is 6.40. The summed E-state index contributed by atoms with van der Waals surface area (Å²) in [6, 6.07) is 12.5. The lowest BCUT2D eigenvalue weighted by atomic mass is 9.95. The molecular formula is C28H24N2O6S2. The minimum absolute atomic E-state index is 0.0261. The highest BCUT2D eigenvalue weighted by Gasteiger charge is 2.48. The number of hydrogen-bond donors (Lipinski definition) is 2. The first-order valence-electron chi connectivity index (χ1n) is 12.0. The Kier molecular flexibility index (Phi) is 6.77. The van der Waals surface area contributed by atoms with Gasteiger partial charge in [0.1, 0.15) is 17.6 Å². The van der Waals surface area contributed by atoms with Crippen molar-refractivity contribution in [3.8, 4) is 5.75 Å². The monoisotopic (exact) mass is 548 g/mol. The van der Waals surface area contributed by atoms with Crippen LogP contribution in [0.2, 0.25) is 0 Å². The number of carboxylic acids is 1. The predicted molar refractivity (Wildman–Crippen MR) is 147 cm³/mol. The number of thiazole rings is 1. The zero-order valence-electron chi connectivity index (χ0n) is 20.8. The van der Waals surface area contributed by atoms with Crippen molar-refractivity contribution in [3.05, 3.63) is 81.1 Å². The number of carboxylic acid groups (broad SMARTS) is 1. The number of hydrogen-bond acceptors (Lipinski definition) is 8. The van der Waals surface area contributed by atoms with Crippen molar-refractivity contribution in [2.24, 2.45) is 0 Å². The molecule has 1 aliphatic heterocycles. The van der Waals surface area contributed by atoms with E-state index in [1.165, 1.54) is 28.4 Å². The van der Waals surface area contributed by atoms with Gasteiger partial charge in [-0.3, -0.25) is 14.5 Å². The number of rotatable bonds is 7. The SMILES string of the molecule is CCOc1ccc(/C(O)=C2\C(=O)C(=O)N(c3nc4ccc(C(=O)O)cc4s3)C2c2cccs2)cc1C(C)C. The molecule has 2 aromatic heterocycles. The second kappa shape index (κ2) is 10.0. The molecule has 0 saturated carbocycles. The summed E-state index contributed by atoms with van der Waals surface area (Å²) in [7, 11) is 0. The maximum atomic E-state index is 13.4. The number of fused-ring (bicyclic) bond motifs is 1. The number of benzene rings is 2. The molecular weight excluding hydrogens is 524 g/mol. The fourth-order valence-corrected chi connectivity index (χ4v) is 6.34. The largest absolute Gasteiger partial charge is 0.507 e. The van der Waals surface area contributed by atoms with Gasteiger partial charge in [-0.1, -0.05) is 31.3 Å². The molecule has 4 aromatic rings. The van der Waals surface area contributed by atoms with Crippen molar-refractivity contribution >= 4 is 61.4 Å². The molecule has 3 heterocycles. The quantitative estimate of drug-likeness (QED) is 0.160. The van der Waals surface area contributed by atoms with Crippen molar-refractivity contribution in [1.29, 1.82) is 0 Å². The van der Waals surface area contributed by atoms with Crippen LogP contribution in [0.4, 0.5) is 5.13 Å². The minimum Gasteiger partial charge on any atom is -0.507 e. The Labute approximate surface area is 226 Å². The zero-order chi connectivity index (χ0) is 27.1. The van der Waals surface area contributed by atoms with Gasteiger partial charge in [0, 0.05) is 10.4 Å². The predicted octanol–water partition coefficient (Wildman–Crippen LogP) is 6.20. The Morgan fingerprint density at radius 2 is 1.87 bits per heavy atom. The summed E-state index contributed by atoms with van der Waals surface area (Å²) in [5.74, 6) is -2.17. The van der Waals surface area contributed by atoms with E-state index in [4.69, 9.17) is 4.74 Å². The molecule has 0 bridgehead atoms. The van der Waals surface area contributed by atoms with Crippen molar-refractivity contribution < 1.29 is 29.3 Å². The first-order chi connectivity index (χ1) is 18.2. The van der Waals surface area contributed by atoms with E-state index in [9.17, 15) is 24.6 Å². The Bertz CT molecular complexity index is 1600. The lowest BCUT2D eigenvalue weighted by molar-refractivity contribution is -0.132. The van der Waals surface area contributed by atoms with E-state index >= 15 is 0 Å². The minimum atomic E-state index is -1.07. The number of aromatic nitrogens is 1. The summed E-state index contributed by atoms with van der Waals surface area (Å²) in [4.78, 5) is 44.8. The number of thiophene rings is 1. The van der Waals surface area contributed by atoms with Crippen LogP contribution in [0.1, 0.15) is 59.1 Å². The van der Waals surface area contributed by atoms with Gasteiger partial charge < -0.3 is 14.9 Å². The van der Waals surface area contributed by atoms with Crippen LogP contribution in [0.3, 0.4) is 0 Å². The molecule has 2 N–H and O–H groups in total. The zero-order valence-corrected chi connectivity index (χ0v) is 22.4. The fourth-order valence-electron chi connectivity index (χ4n) is 4.48. The summed E-state index contributed by atoms with van der Waals surface area (Å²) in [6.07, 6.45) is 0. The number of nitrogens with zero attached hydrogens (tertiary/aromatic N) is 2. The van der Waals surface area contributed by atoms with Gasteiger partial charge in [0.05, 0.1) is 28.0 Å². The summed E-state index contributed by atoms with van der Waals surface area (Å²) < 4.78 is 6.30. The number of ketones is 1. The Balaban J connectivity index is 1.67. The molecule has 38 heavy (non-hydrogen) atoms. The average Bonchev–Trinajstić information content (AvgIpc) is 3.62. The van der Waals surface area contributed by atoms with Crippen LogP contribution in [0.25, 0.3) is 16.0 Å². The van der Waals surface area contributed by atoms with E-state index in [0.717, 1.165) is 16.9 Å². The van der Waals surface area contributed by atoms with Crippen LogP contribution in [0.5, 0.6) is 5.75 Å². The van der Waals surface area contributed by atoms with Crippen molar-refractivity contribution in [3.63, 3.8) is 0 Å². The highest BCUT2D eigenvalue weighted by molar-refractivity contribution is 7.22. The number of ether oxygens (including phenoxy) is 1. The van der Waals surface area contributed by atoms with Crippen molar-refractivity contribution in [2.75, 3.05) is 11.5 Å². The van der Waals surface area contributed by atoms with Gasteiger partial charge in [0.25, 0.3) is 5.78 Å². The fraction of sp³-hybridized carbons (Fsp3) is 0.214. The molecule has 0 aliphatic carbocycles. The molecule has 1 fully saturated rings. The van der Waals surface area contributed by atoms with Crippen LogP contribution >= 0.6 is 22.7 Å². The van der Waals surface area contributed by atoms with Gasteiger partial charge in [-0.2, -0.15) is 0 Å². The second-order valence-electron chi connectivity index (χ2n) is 9.01. The van der Waals surface area contributed by atoms with E-state index in [0.29, 0.717) is 33.0 Å². The Hall–Kier alpha value is -4.02. The first kappa shape index (κ1) is 25.6.